The van der Waals surface area contributed by atoms with Crippen molar-refractivity contribution in [3.05, 3.63) is 76.3 Å². The Bertz CT molecular complexity index is 840. The first kappa shape index (κ1) is 14.9. The summed E-state index contributed by atoms with van der Waals surface area (Å²) in [5.74, 6) is -0.125. The predicted octanol–water partition coefficient (Wildman–Crippen LogP) is 5.33. The molecule has 0 aliphatic heterocycles. The largest absolute Gasteiger partial charge is 0.324 e. The van der Waals surface area contributed by atoms with E-state index in [1.165, 1.54) is 0 Å². The number of halogens is 2. The van der Waals surface area contributed by atoms with Gasteiger partial charge in [0.05, 0.1) is 22.2 Å². The number of amides is 1. The molecule has 0 spiro atoms. The van der Waals surface area contributed by atoms with Gasteiger partial charge in [-0.1, -0.05) is 71.7 Å². The summed E-state index contributed by atoms with van der Waals surface area (Å²) in [5.41, 5.74) is 1.51. The van der Waals surface area contributed by atoms with Crippen molar-refractivity contribution in [2.45, 2.75) is 6.42 Å². The molecule has 1 amide bonds. The van der Waals surface area contributed by atoms with Crippen LogP contribution in [0.2, 0.25) is 10.0 Å². The molecule has 0 saturated heterocycles. The number of benzene rings is 3. The molecule has 4 heteroatoms. The second-order valence-corrected chi connectivity index (χ2v) is 5.75. The van der Waals surface area contributed by atoms with Gasteiger partial charge in [-0.25, -0.2) is 0 Å². The highest BCUT2D eigenvalue weighted by Gasteiger charge is 2.10. The van der Waals surface area contributed by atoms with E-state index < -0.39 is 0 Å². The van der Waals surface area contributed by atoms with E-state index in [1.54, 1.807) is 18.2 Å². The molecule has 0 aliphatic rings. The third kappa shape index (κ3) is 3.08. The van der Waals surface area contributed by atoms with Gasteiger partial charge < -0.3 is 5.32 Å². The molecule has 110 valence electrons. The maximum atomic E-state index is 12.3. The van der Waals surface area contributed by atoms with Gasteiger partial charge in [-0.05, 0) is 28.5 Å². The molecule has 2 nitrogen and oxygen atoms in total. The van der Waals surface area contributed by atoms with E-state index in [-0.39, 0.29) is 12.3 Å². The minimum absolute atomic E-state index is 0.125. The van der Waals surface area contributed by atoms with Crippen molar-refractivity contribution in [1.29, 1.82) is 0 Å². The van der Waals surface area contributed by atoms with Crippen LogP contribution in [0.5, 0.6) is 0 Å². The zero-order chi connectivity index (χ0) is 15.5. The van der Waals surface area contributed by atoms with Crippen molar-refractivity contribution in [3.63, 3.8) is 0 Å². The van der Waals surface area contributed by atoms with Crippen LogP contribution in [0.4, 0.5) is 5.69 Å². The monoisotopic (exact) mass is 329 g/mol. The lowest BCUT2D eigenvalue weighted by atomic mass is 10.0. The molecule has 0 fully saturated rings. The van der Waals surface area contributed by atoms with Crippen molar-refractivity contribution in [1.82, 2.24) is 0 Å². The Morgan fingerprint density at radius 3 is 2.50 bits per heavy atom. The number of carbonyl (C=O) groups excluding carboxylic acids is 1. The van der Waals surface area contributed by atoms with Crippen LogP contribution < -0.4 is 5.32 Å². The minimum atomic E-state index is -0.125. The van der Waals surface area contributed by atoms with Gasteiger partial charge in [-0.3, -0.25) is 4.79 Å². The van der Waals surface area contributed by atoms with Crippen LogP contribution in [0.1, 0.15) is 5.56 Å². The van der Waals surface area contributed by atoms with Gasteiger partial charge in [0.2, 0.25) is 5.91 Å². The number of nitrogens with one attached hydrogen (secondary N) is 1. The second-order valence-electron chi connectivity index (χ2n) is 4.96. The summed E-state index contributed by atoms with van der Waals surface area (Å²) < 4.78 is 0. The summed E-state index contributed by atoms with van der Waals surface area (Å²) in [6.45, 7) is 0. The Kier molecular flexibility index (Phi) is 4.32. The zero-order valence-corrected chi connectivity index (χ0v) is 13.2. The summed E-state index contributed by atoms with van der Waals surface area (Å²) >= 11 is 12.0. The summed E-state index contributed by atoms with van der Waals surface area (Å²) in [6, 6.07) is 19.1. The first-order valence-corrected chi connectivity index (χ1v) is 7.61. The van der Waals surface area contributed by atoms with Crippen LogP contribution >= 0.6 is 23.2 Å². The van der Waals surface area contributed by atoms with E-state index >= 15 is 0 Å². The lowest BCUT2D eigenvalue weighted by molar-refractivity contribution is -0.115. The third-order valence-electron chi connectivity index (χ3n) is 3.46. The molecule has 1 N–H and O–H groups in total. The molecule has 0 saturated carbocycles. The molecule has 3 rings (SSSR count). The highest BCUT2D eigenvalue weighted by Crippen LogP contribution is 2.29. The molecular formula is C18H13Cl2NO. The molecule has 0 aliphatic carbocycles. The fourth-order valence-electron chi connectivity index (χ4n) is 2.41. The molecule has 0 radical (unpaired) electrons. The predicted molar refractivity (Wildman–Crippen MR) is 92.7 cm³/mol. The van der Waals surface area contributed by atoms with Crippen molar-refractivity contribution in [3.8, 4) is 0 Å². The van der Waals surface area contributed by atoms with E-state index in [4.69, 9.17) is 23.2 Å². The molecule has 3 aromatic rings. The van der Waals surface area contributed by atoms with Crippen molar-refractivity contribution >= 4 is 45.6 Å². The Balaban J connectivity index is 1.83. The average molecular weight is 330 g/mol. The Morgan fingerprint density at radius 2 is 1.64 bits per heavy atom. The fourth-order valence-corrected chi connectivity index (χ4v) is 2.76. The normalized spacial score (nSPS) is 10.6. The average Bonchev–Trinajstić information content (AvgIpc) is 2.52. The van der Waals surface area contributed by atoms with Crippen LogP contribution in [-0.2, 0) is 11.2 Å². The number of hydrogen-bond acceptors (Lipinski definition) is 1. The lowest BCUT2D eigenvalue weighted by Crippen LogP contribution is -2.14. The Labute approximate surface area is 138 Å². The van der Waals surface area contributed by atoms with E-state index in [0.29, 0.717) is 15.7 Å². The number of hydrogen-bond donors (Lipinski definition) is 1. The van der Waals surface area contributed by atoms with Crippen molar-refractivity contribution in [2.75, 3.05) is 5.32 Å². The smallest absolute Gasteiger partial charge is 0.228 e. The number of rotatable bonds is 3. The SMILES string of the molecule is O=C(Cc1cccc2ccccc12)Nc1cccc(Cl)c1Cl. The van der Waals surface area contributed by atoms with Crippen LogP contribution in [-0.4, -0.2) is 5.91 Å². The highest BCUT2D eigenvalue weighted by molar-refractivity contribution is 6.44. The topological polar surface area (TPSA) is 29.1 Å². The molecule has 22 heavy (non-hydrogen) atoms. The fraction of sp³-hybridized carbons (Fsp3) is 0.0556. The van der Waals surface area contributed by atoms with Crippen molar-refractivity contribution < 1.29 is 4.79 Å². The van der Waals surface area contributed by atoms with E-state index in [2.05, 4.69) is 5.32 Å². The molecule has 0 atom stereocenters. The van der Waals surface area contributed by atoms with Gasteiger partial charge in [0, 0.05) is 0 Å². The number of fused-ring (bicyclic) bond motifs is 1. The molecule has 3 aromatic carbocycles. The summed E-state index contributed by atoms with van der Waals surface area (Å²) in [5, 5.41) is 5.79. The lowest BCUT2D eigenvalue weighted by Gasteiger charge is -2.09. The zero-order valence-electron chi connectivity index (χ0n) is 11.6. The Hall–Kier alpha value is -2.03. The molecule has 0 unspecified atom stereocenters. The first-order chi connectivity index (χ1) is 10.6. The number of carbonyl (C=O) groups is 1. The highest BCUT2D eigenvalue weighted by atomic mass is 35.5. The van der Waals surface area contributed by atoms with Crippen LogP contribution in [0.25, 0.3) is 10.8 Å². The van der Waals surface area contributed by atoms with Crippen LogP contribution in [0, 0.1) is 0 Å². The first-order valence-electron chi connectivity index (χ1n) is 6.85. The maximum Gasteiger partial charge on any atom is 0.228 e. The van der Waals surface area contributed by atoms with Gasteiger partial charge in [0.15, 0.2) is 0 Å². The van der Waals surface area contributed by atoms with E-state index in [0.717, 1.165) is 16.3 Å². The third-order valence-corrected chi connectivity index (χ3v) is 4.28. The van der Waals surface area contributed by atoms with Crippen LogP contribution in [0.15, 0.2) is 60.7 Å². The van der Waals surface area contributed by atoms with Crippen molar-refractivity contribution in [2.24, 2.45) is 0 Å². The molecule has 0 aromatic heterocycles. The summed E-state index contributed by atoms with van der Waals surface area (Å²) in [7, 11) is 0. The van der Waals surface area contributed by atoms with Gasteiger partial charge in [-0.15, -0.1) is 0 Å². The number of anilines is 1. The van der Waals surface area contributed by atoms with E-state index in [1.807, 2.05) is 42.5 Å². The maximum absolute atomic E-state index is 12.3. The molecule has 0 bridgehead atoms. The summed E-state index contributed by atoms with van der Waals surface area (Å²) in [4.78, 5) is 12.3. The van der Waals surface area contributed by atoms with E-state index in [9.17, 15) is 4.79 Å². The quantitative estimate of drug-likeness (QED) is 0.691. The Morgan fingerprint density at radius 1 is 0.909 bits per heavy atom. The van der Waals surface area contributed by atoms with Gasteiger partial charge in [0.1, 0.15) is 0 Å². The second kappa shape index (κ2) is 6.39. The van der Waals surface area contributed by atoms with Gasteiger partial charge in [0.25, 0.3) is 0 Å². The molecular weight excluding hydrogens is 317 g/mol. The minimum Gasteiger partial charge on any atom is -0.324 e. The van der Waals surface area contributed by atoms with Gasteiger partial charge >= 0.3 is 0 Å². The molecule has 0 heterocycles. The van der Waals surface area contributed by atoms with Crippen LogP contribution in [0.3, 0.4) is 0 Å². The van der Waals surface area contributed by atoms with Gasteiger partial charge in [-0.2, -0.15) is 0 Å². The standard InChI is InChI=1S/C18H13Cl2NO/c19-15-9-4-10-16(18(15)20)21-17(22)11-13-7-3-6-12-5-1-2-8-14(12)13/h1-10H,11H2,(H,21,22). The summed E-state index contributed by atoms with van der Waals surface area (Å²) in [6.07, 6.45) is 0.282.